The third kappa shape index (κ3) is 3.78. The van der Waals surface area contributed by atoms with E-state index in [-0.39, 0.29) is 16.2 Å². The molecule has 0 atom stereocenters. The Hall–Kier alpha value is -0.610. The van der Waals surface area contributed by atoms with Crippen molar-refractivity contribution in [2.75, 3.05) is 6.61 Å². The molecule has 0 amide bonds. The highest BCUT2D eigenvalue weighted by Crippen LogP contribution is 2.58. The molecule has 1 fully saturated rings. The van der Waals surface area contributed by atoms with Gasteiger partial charge in [-0.25, -0.2) is 4.79 Å². The molecule has 0 aromatic rings. The predicted octanol–water partition coefficient (Wildman–Crippen LogP) is 4.48. The van der Waals surface area contributed by atoms with Crippen molar-refractivity contribution in [3.63, 3.8) is 0 Å². The summed E-state index contributed by atoms with van der Waals surface area (Å²) >= 11 is 0. The zero-order valence-corrected chi connectivity index (χ0v) is 15.0. The number of rotatable bonds is 6. The number of unbranched alkanes of at least 4 members (excludes halogenated alkanes) is 1. The van der Waals surface area contributed by atoms with Crippen LogP contribution in [0.1, 0.15) is 74.7 Å². The molecule has 0 saturated carbocycles. The summed E-state index contributed by atoms with van der Waals surface area (Å²) in [6.07, 6.45) is 2.35. The van der Waals surface area contributed by atoms with Gasteiger partial charge in [-0.3, -0.25) is 0 Å². The topological polar surface area (TPSA) is 51.4 Å². The number of ether oxygens (including phenoxy) is 1. The summed E-state index contributed by atoms with van der Waals surface area (Å²) in [4.78, 5) is 22.5. The summed E-state index contributed by atoms with van der Waals surface area (Å²) in [6, 6.07) is 0. The van der Waals surface area contributed by atoms with Crippen molar-refractivity contribution < 1.29 is 19.3 Å². The summed E-state index contributed by atoms with van der Waals surface area (Å²) in [6.45, 7) is 17.8. The van der Waals surface area contributed by atoms with Gasteiger partial charge in [0.05, 0.1) is 6.61 Å². The van der Waals surface area contributed by atoms with E-state index in [9.17, 15) is 4.79 Å². The molecular formula is C17H32O4. The van der Waals surface area contributed by atoms with Crippen LogP contribution in [0.25, 0.3) is 0 Å². The maximum absolute atomic E-state index is 12.3. The molecule has 0 spiro atoms. The summed E-state index contributed by atoms with van der Waals surface area (Å²) in [5.41, 5.74) is -0.158. The Bertz CT molecular complexity index is 355. The molecular weight excluding hydrogens is 268 g/mol. The molecule has 1 aliphatic heterocycles. The highest BCUT2D eigenvalue weighted by atomic mass is 17.4. The van der Waals surface area contributed by atoms with E-state index in [1.807, 2.05) is 0 Å². The Morgan fingerprint density at radius 3 is 1.81 bits per heavy atom. The average molecular weight is 300 g/mol. The first-order valence-corrected chi connectivity index (χ1v) is 7.94. The minimum absolute atomic E-state index is 0.00272. The molecule has 4 heteroatoms. The molecule has 0 N–H and O–H groups in total. The number of carbonyl (C=O) groups excluding carboxylic acids is 1. The van der Waals surface area contributed by atoms with E-state index in [2.05, 4.69) is 55.4 Å². The molecule has 1 aliphatic rings. The van der Waals surface area contributed by atoms with Gasteiger partial charge in [0.15, 0.2) is 0 Å². The lowest BCUT2D eigenvalue weighted by atomic mass is 9.53. The number of carbonyl (C=O) groups is 1. The van der Waals surface area contributed by atoms with Crippen LogP contribution in [0.5, 0.6) is 0 Å². The Morgan fingerprint density at radius 1 is 1.00 bits per heavy atom. The predicted molar refractivity (Wildman–Crippen MR) is 82.4 cm³/mol. The van der Waals surface area contributed by atoms with Crippen molar-refractivity contribution in [2.24, 2.45) is 16.2 Å². The SMILES string of the molecule is CCCCOC(=O)C1(CC(C)(C(C)(C)C)C(C)(C)C)OO1. The van der Waals surface area contributed by atoms with Crippen molar-refractivity contribution in [3.8, 4) is 0 Å². The summed E-state index contributed by atoms with van der Waals surface area (Å²) in [7, 11) is 0. The lowest BCUT2D eigenvalue weighted by molar-refractivity contribution is -0.156. The van der Waals surface area contributed by atoms with E-state index in [4.69, 9.17) is 14.5 Å². The standard InChI is InChI=1S/C17H32O4/c1-9-10-11-19-13(18)17(20-21-17)12-16(8,14(2,3)4)15(5,6)7/h9-12H2,1-8H3. The van der Waals surface area contributed by atoms with Crippen molar-refractivity contribution in [1.29, 1.82) is 0 Å². The average Bonchev–Trinajstić information content (AvgIpc) is 3.07. The summed E-state index contributed by atoms with van der Waals surface area (Å²) in [5.74, 6) is -1.60. The van der Waals surface area contributed by atoms with Gasteiger partial charge in [-0.05, 0) is 22.7 Å². The first kappa shape index (κ1) is 18.4. The van der Waals surface area contributed by atoms with E-state index >= 15 is 0 Å². The van der Waals surface area contributed by atoms with Crippen LogP contribution in [0, 0.1) is 16.2 Å². The van der Waals surface area contributed by atoms with Gasteiger partial charge in [-0.15, -0.1) is 0 Å². The Balaban J connectivity index is 2.87. The zero-order chi connectivity index (χ0) is 16.5. The summed E-state index contributed by atoms with van der Waals surface area (Å²) in [5, 5.41) is 0. The van der Waals surface area contributed by atoms with Gasteiger partial charge in [-0.2, -0.15) is 9.78 Å². The molecule has 0 aliphatic carbocycles. The minimum atomic E-state index is -1.21. The first-order chi connectivity index (χ1) is 9.40. The van der Waals surface area contributed by atoms with Gasteiger partial charge in [0.2, 0.25) is 0 Å². The van der Waals surface area contributed by atoms with Crippen LogP contribution in [-0.4, -0.2) is 18.4 Å². The molecule has 0 bridgehead atoms. The molecule has 124 valence electrons. The highest BCUT2D eigenvalue weighted by molar-refractivity contribution is 5.79. The second kappa shape index (κ2) is 5.88. The van der Waals surface area contributed by atoms with E-state index < -0.39 is 11.8 Å². The third-order valence-electron chi connectivity index (χ3n) is 5.22. The van der Waals surface area contributed by atoms with Crippen LogP contribution in [0.2, 0.25) is 0 Å². The Kier molecular flexibility index (Phi) is 5.16. The molecule has 1 heterocycles. The number of hydrogen-bond acceptors (Lipinski definition) is 4. The normalized spacial score (nSPS) is 18.5. The van der Waals surface area contributed by atoms with Crippen molar-refractivity contribution in [2.45, 2.75) is 80.4 Å². The fourth-order valence-corrected chi connectivity index (χ4v) is 2.79. The molecule has 0 radical (unpaired) electrons. The smallest absolute Gasteiger partial charge is 0.372 e. The maximum atomic E-state index is 12.3. The fourth-order valence-electron chi connectivity index (χ4n) is 2.79. The Morgan fingerprint density at radius 2 is 1.48 bits per heavy atom. The van der Waals surface area contributed by atoms with Crippen molar-refractivity contribution in [1.82, 2.24) is 0 Å². The first-order valence-electron chi connectivity index (χ1n) is 7.94. The van der Waals surface area contributed by atoms with Gasteiger partial charge in [0.1, 0.15) is 0 Å². The lowest BCUT2D eigenvalue weighted by Crippen LogP contribution is -2.48. The van der Waals surface area contributed by atoms with Crippen LogP contribution in [0.3, 0.4) is 0 Å². The van der Waals surface area contributed by atoms with Gasteiger partial charge in [0.25, 0.3) is 0 Å². The van der Waals surface area contributed by atoms with Crippen LogP contribution in [0.4, 0.5) is 0 Å². The molecule has 0 aromatic heterocycles. The maximum Gasteiger partial charge on any atom is 0.372 e. The summed E-state index contributed by atoms with van der Waals surface area (Å²) < 4.78 is 5.29. The Labute approximate surface area is 129 Å². The zero-order valence-electron chi connectivity index (χ0n) is 15.0. The van der Waals surface area contributed by atoms with Gasteiger partial charge >= 0.3 is 11.8 Å². The van der Waals surface area contributed by atoms with E-state index in [1.54, 1.807) is 0 Å². The third-order valence-corrected chi connectivity index (χ3v) is 5.22. The second-order valence-corrected chi connectivity index (χ2v) is 8.42. The van der Waals surface area contributed by atoms with Crippen molar-refractivity contribution in [3.05, 3.63) is 0 Å². The minimum Gasteiger partial charge on any atom is -0.462 e. The number of esters is 1. The molecule has 21 heavy (non-hydrogen) atoms. The quantitative estimate of drug-likeness (QED) is 0.314. The van der Waals surface area contributed by atoms with Crippen LogP contribution >= 0.6 is 0 Å². The van der Waals surface area contributed by atoms with Crippen LogP contribution in [0.15, 0.2) is 0 Å². The van der Waals surface area contributed by atoms with Crippen molar-refractivity contribution >= 4 is 5.97 Å². The molecule has 1 saturated heterocycles. The molecule has 1 rings (SSSR count). The number of hydrogen-bond donors (Lipinski definition) is 0. The molecule has 4 nitrogen and oxygen atoms in total. The van der Waals surface area contributed by atoms with Gasteiger partial charge in [0, 0.05) is 6.42 Å². The van der Waals surface area contributed by atoms with Gasteiger partial charge < -0.3 is 4.74 Å². The second-order valence-electron chi connectivity index (χ2n) is 8.42. The van der Waals surface area contributed by atoms with Crippen LogP contribution in [-0.2, 0) is 19.3 Å². The van der Waals surface area contributed by atoms with E-state index in [0.29, 0.717) is 13.0 Å². The fraction of sp³-hybridized carbons (Fsp3) is 0.941. The van der Waals surface area contributed by atoms with E-state index in [1.165, 1.54) is 0 Å². The lowest BCUT2D eigenvalue weighted by Gasteiger charge is -2.51. The van der Waals surface area contributed by atoms with E-state index in [0.717, 1.165) is 12.8 Å². The largest absolute Gasteiger partial charge is 0.462 e. The molecule has 0 aromatic carbocycles. The van der Waals surface area contributed by atoms with Gasteiger partial charge in [-0.1, -0.05) is 61.8 Å². The highest BCUT2D eigenvalue weighted by Gasteiger charge is 2.65. The molecule has 0 unspecified atom stereocenters. The monoisotopic (exact) mass is 300 g/mol. The van der Waals surface area contributed by atoms with Crippen LogP contribution < -0.4 is 0 Å².